The van der Waals surface area contributed by atoms with Gasteiger partial charge in [-0.05, 0) is 84.1 Å². The van der Waals surface area contributed by atoms with Gasteiger partial charge in [-0.3, -0.25) is 14.4 Å². The number of ether oxygens (including phenoxy) is 4. The zero-order chi connectivity index (χ0) is 44.1. The fraction of sp³-hybridized carbons (Fsp3) is 0.220. The van der Waals surface area contributed by atoms with Gasteiger partial charge in [-0.25, -0.2) is 0 Å². The fourth-order valence-corrected chi connectivity index (χ4v) is 11.1. The highest BCUT2D eigenvalue weighted by atomic mass is 32.2. The second-order valence-electron chi connectivity index (χ2n) is 14.5. The Labute approximate surface area is 374 Å². The van der Waals surface area contributed by atoms with E-state index in [9.17, 15) is 24.6 Å². The summed E-state index contributed by atoms with van der Waals surface area (Å²) in [6.45, 7) is 4.03. The Kier molecular flexibility index (Phi) is 13.9. The van der Waals surface area contributed by atoms with Crippen LogP contribution in [0.3, 0.4) is 0 Å². The minimum atomic E-state index is -0.251. The van der Waals surface area contributed by atoms with Gasteiger partial charge in [0.2, 0.25) is 0 Å². The summed E-state index contributed by atoms with van der Waals surface area (Å²) in [5.41, 5.74) is 5.08. The van der Waals surface area contributed by atoms with E-state index < -0.39 is 0 Å². The second kappa shape index (κ2) is 19.5. The molecule has 9 nitrogen and oxygen atoms in total. The number of methoxy groups -OCH3 is 4. The summed E-state index contributed by atoms with van der Waals surface area (Å²) in [6, 6.07) is 34.1. The maximum Gasteiger partial charge on any atom is 0.171 e. The van der Waals surface area contributed by atoms with Crippen LogP contribution in [-0.2, 0) is 6.42 Å². The van der Waals surface area contributed by atoms with Crippen molar-refractivity contribution in [2.24, 2.45) is 0 Å². The molecule has 62 heavy (non-hydrogen) atoms. The second-order valence-corrected chi connectivity index (χ2v) is 17.7. The van der Waals surface area contributed by atoms with Gasteiger partial charge in [0.1, 0.15) is 0 Å². The van der Waals surface area contributed by atoms with Gasteiger partial charge in [-0.15, -0.1) is 0 Å². The first-order valence-electron chi connectivity index (χ1n) is 20.0. The predicted octanol–water partition coefficient (Wildman–Crippen LogP) is 12.1. The van der Waals surface area contributed by atoms with E-state index >= 15 is 0 Å². The maximum atomic E-state index is 13.0. The molecule has 3 aliphatic rings. The van der Waals surface area contributed by atoms with Crippen molar-refractivity contribution in [1.29, 1.82) is 0 Å². The standard InChI is InChI=1S/C18H18O3S.2C16H14O3S/c1-4-11-12-7-5-6-8-16(12)22-17-10-15(21-3)14(20-2)9-13(17)18(11)19;1-18-13-8-11-12(17)7-10-5-3-4-6-15(10)20-16(11)9-14(13)19-2;1-2-9-10-5-3-4-6-14(10)20-15-8-13(18)12(17)7-11(15)16(9)19/h5-11H,4H2,1-3H3;3-6,8-9H,7H2,1-2H3;3-9,17-18H,2H2,1H3. The molecule has 0 saturated heterocycles. The van der Waals surface area contributed by atoms with E-state index in [1.165, 1.54) is 23.9 Å². The summed E-state index contributed by atoms with van der Waals surface area (Å²) in [5.74, 6) is 1.97. The number of Topliss-reactive ketones (excluding diaryl/α,β-unsaturated/α-hetero) is 3. The minimum Gasteiger partial charge on any atom is -0.504 e. The highest BCUT2D eigenvalue weighted by Gasteiger charge is 2.32. The molecule has 9 rings (SSSR count). The topological polar surface area (TPSA) is 129 Å². The van der Waals surface area contributed by atoms with E-state index in [0.29, 0.717) is 57.4 Å². The van der Waals surface area contributed by atoms with Crippen LogP contribution in [0.15, 0.2) is 139 Å². The van der Waals surface area contributed by atoms with E-state index in [4.69, 9.17) is 18.9 Å². The van der Waals surface area contributed by atoms with Crippen molar-refractivity contribution in [3.63, 3.8) is 0 Å². The first-order valence-corrected chi connectivity index (χ1v) is 22.5. The first-order chi connectivity index (χ1) is 30.0. The summed E-state index contributed by atoms with van der Waals surface area (Å²) in [6.07, 6.45) is 1.91. The highest BCUT2D eigenvalue weighted by molar-refractivity contribution is 8.00. The van der Waals surface area contributed by atoms with Gasteiger partial charge in [0.15, 0.2) is 51.8 Å². The van der Waals surface area contributed by atoms with Crippen molar-refractivity contribution < 1.29 is 43.5 Å². The van der Waals surface area contributed by atoms with E-state index in [1.54, 1.807) is 64.1 Å². The van der Waals surface area contributed by atoms with Crippen LogP contribution in [0.2, 0.25) is 0 Å². The van der Waals surface area contributed by atoms with Crippen molar-refractivity contribution in [2.45, 2.75) is 74.3 Å². The molecule has 3 aliphatic heterocycles. The molecule has 0 radical (unpaired) electrons. The molecule has 0 aromatic heterocycles. The number of carbonyl (C=O) groups is 3. The van der Waals surface area contributed by atoms with Crippen LogP contribution in [0.25, 0.3) is 0 Å². The molecule has 6 aromatic carbocycles. The maximum absolute atomic E-state index is 13.0. The Morgan fingerprint density at radius 3 is 1.39 bits per heavy atom. The van der Waals surface area contributed by atoms with Crippen LogP contribution in [0.5, 0.6) is 34.5 Å². The van der Waals surface area contributed by atoms with Gasteiger partial charge in [-0.2, -0.15) is 0 Å². The third-order valence-electron chi connectivity index (χ3n) is 10.9. The number of phenols is 2. The minimum absolute atomic E-state index is 0.00440. The van der Waals surface area contributed by atoms with Crippen molar-refractivity contribution in [1.82, 2.24) is 0 Å². The molecular weight excluding hydrogens is 841 g/mol. The quantitative estimate of drug-likeness (QED) is 0.154. The molecule has 3 heterocycles. The van der Waals surface area contributed by atoms with E-state index in [2.05, 4.69) is 19.1 Å². The molecule has 6 aromatic rings. The smallest absolute Gasteiger partial charge is 0.171 e. The lowest BCUT2D eigenvalue weighted by Gasteiger charge is -2.15. The molecule has 2 unspecified atom stereocenters. The first kappa shape index (κ1) is 44.2. The van der Waals surface area contributed by atoms with Gasteiger partial charge in [-0.1, -0.05) is 104 Å². The molecule has 2 N–H and O–H groups in total. The monoisotopic (exact) mass is 886 g/mol. The lowest BCUT2D eigenvalue weighted by atomic mass is 9.88. The van der Waals surface area contributed by atoms with Gasteiger partial charge in [0, 0.05) is 64.3 Å². The Hall–Kier alpha value is -5.82. The van der Waals surface area contributed by atoms with Gasteiger partial charge >= 0.3 is 0 Å². The lowest BCUT2D eigenvalue weighted by Crippen LogP contribution is -2.12. The molecule has 2 atom stereocenters. The third kappa shape index (κ3) is 8.90. The largest absolute Gasteiger partial charge is 0.504 e. The lowest BCUT2D eigenvalue weighted by molar-refractivity contribution is 0.0946. The molecule has 0 aliphatic carbocycles. The van der Waals surface area contributed by atoms with E-state index in [1.807, 2.05) is 79.7 Å². The Balaban J connectivity index is 0.000000140. The SMILES string of the molecule is CCC1C(=O)c2cc(O)c(O)cc2Sc2ccccc21.CCC1C(=O)c2cc(OC)c(OC)cc2Sc2ccccc21.COc1cc2c(cc1OC)C(=O)Cc1ccccc1S2. The number of phenolic OH excluding ortho intramolecular Hbond substituents is 2. The number of carbonyl (C=O) groups excluding carboxylic acids is 3. The fourth-order valence-electron chi connectivity index (χ4n) is 7.70. The highest BCUT2D eigenvalue weighted by Crippen LogP contribution is 2.48. The van der Waals surface area contributed by atoms with Gasteiger partial charge < -0.3 is 29.2 Å². The van der Waals surface area contributed by atoms with Crippen LogP contribution in [-0.4, -0.2) is 56.0 Å². The molecule has 0 amide bonds. The number of hydrogen-bond donors (Lipinski definition) is 2. The summed E-state index contributed by atoms with van der Waals surface area (Å²) >= 11 is 4.68. The Morgan fingerprint density at radius 2 is 0.871 bits per heavy atom. The van der Waals surface area contributed by atoms with Crippen molar-refractivity contribution >= 4 is 52.6 Å². The molecule has 0 bridgehead atoms. The van der Waals surface area contributed by atoms with E-state index in [0.717, 1.165) is 47.6 Å². The number of ketones is 3. The van der Waals surface area contributed by atoms with Crippen LogP contribution >= 0.6 is 35.3 Å². The zero-order valence-electron chi connectivity index (χ0n) is 35.1. The summed E-state index contributed by atoms with van der Waals surface area (Å²) < 4.78 is 21.3. The Bertz CT molecular complexity index is 2680. The number of rotatable bonds is 6. The molecule has 0 spiro atoms. The number of benzene rings is 6. The van der Waals surface area contributed by atoms with Crippen LogP contribution in [0.4, 0.5) is 0 Å². The molecule has 12 heteroatoms. The van der Waals surface area contributed by atoms with Crippen molar-refractivity contribution in [2.75, 3.05) is 28.4 Å². The third-order valence-corrected chi connectivity index (χ3v) is 14.4. The molecular formula is C50H46O9S3. The van der Waals surface area contributed by atoms with Crippen LogP contribution in [0, 0.1) is 0 Å². The van der Waals surface area contributed by atoms with Crippen molar-refractivity contribution in [3.8, 4) is 34.5 Å². The summed E-state index contributed by atoms with van der Waals surface area (Å²) in [5, 5.41) is 19.3. The number of hydrogen-bond acceptors (Lipinski definition) is 12. The number of fused-ring (bicyclic) bond motifs is 6. The van der Waals surface area contributed by atoms with Crippen LogP contribution in [0.1, 0.15) is 86.3 Å². The predicted molar refractivity (Wildman–Crippen MR) is 243 cm³/mol. The van der Waals surface area contributed by atoms with Gasteiger partial charge in [0.25, 0.3) is 0 Å². The molecule has 0 fully saturated rings. The normalized spacial score (nSPS) is 15.7. The van der Waals surface area contributed by atoms with Gasteiger partial charge in [0.05, 0.1) is 28.4 Å². The molecule has 318 valence electrons. The molecule has 0 saturated carbocycles. The summed E-state index contributed by atoms with van der Waals surface area (Å²) in [7, 11) is 6.37. The zero-order valence-corrected chi connectivity index (χ0v) is 37.6. The number of aromatic hydroxyl groups is 2. The van der Waals surface area contributed by atoms with Crippen LogP contribution < -0.4 is 18.9 Å². The average molecular weight is 887 g/mol. The van der Waals surface area contributed by atoms with E-state index in [-0.39, 0.29) is 40.7 Å². The Morgan fingerprint density at radius 1 is 0.484 bits per heavy atom. The summed E-state index contributed by atoms with van der Waals surface area (Å²) in [4.78, 5) is 43.9. The van der Waals surface area contributed by atoms with Crippen molar-refractivity contribution in [3.05, 3.63) is 143 Å². The average Bonchev–Trinajstić information content (AvgIpc) is 3.56.